The largest absolute Gasteiger partial charge is 0.367 e. The minimum atomic E-state index is 0.598. The van der Waals surface area contributed by atoms with Crippen LogP contribution in [-0.2, 0) is 0 Å². The van der Waals surface area contributed by atoms with Gasteiger partial charge in [-0.25, -0.2) is 9.97 Å². The Hall–Kier alpha value is -0.250. The van der Waals surface area contributed by atoms with E-state index in [1.54, 1.807) is 12.4 Å². The zero-order valence-corrected chi connectivity index (χ0v) is 11.1. The second kappa shape index (κ2) is 5.19. The number of aromatic nitrogens is 2. The maximum Gasteiger partial charge on any atom is 0.144 e. The maximum absolute atomic E-state index is 4.22. The van der Waals surface area contributed by atoms with Crippen LogP contribution in [0.4, 0.5) is 5.82 Å². The minimum absolute atomic E-state index is 0.598. The molecular formula is C9H14BrN4P. The maximum atomic E-state index is 4.22. The first-order valence-electron chi connectivity index (χ1n) is 4.98. The van der Waals surface area contributed by atoms with Crippen molar-refractivity contribution in [3.63, 3.8) is 0 Å². The topological polar surface area (TPSA) is 41.0 Å². The molecule has 2 rings (SSSR count). The first kappa shape index (κ1) is 11.2. The molecule has 15 heavy (non-hydrogen) atoms. The molecule has 4 nitrogen and oxygen atoms in total. The second-order valence-electron chi connectivity index (χ2n) is 3.64. The molecule has 2 heterocycles. The molecule has 6 heteroatoms. The van der Waals surface area contributed by atoms with E-state index in [1.165, 1.54) is 19.4 Å². The molecule has 1 aromatic rings. The molecule has 0 bridgehead atoms. The van der Waals surface area contributed by atoms with Crippen LogP contribution in [-0.4, -0.2) is 33.8 Å². The molecule has 0 radical (unpaired) electrons. The highest BCUT2D eigenvalue weighted by Gasteiger charge is 2.20. The minimum Gasteiger partial charge on any atom is -0.367 e. The van der Waals surface area contributed by atoms with Crippen molar-refractivity contribution in [3.8, 4) is 0 Å². The lowest BCUT2D eigenvalue weighted by Crippen LogP contribution is -2.27. The van der Waals surface area contributed by atoms with Crippen LogP contribution in [0.25, 0.3) is 0 Å². The van der Waals surface area contributed by atoms with E-state index in [0.717, 1.165) is 17.0 Å². The quantitative estimate of drug-likeness (QED) is 0.863. The monoisotopic (exact) mass is 288 g/mol. The molecule has 0 aromatic carbocycles. The Morgan fingerprint density at radius 3 is 3.00 bits per heavy atom. The van der Waals surface area contributed by atoms with Crippen molar-refractivity contribution in [2.24, 2.45) is 0 Å². The Morgan fingerprint density at radius 1 is 1.53 bits per heavy atom. The molecule has 0 spiro atoms. The Morgan fingerprint density at radius 2 is 2.40 bits per heavy atom. The molecule has 0 aliphatic carbocycles. The summed E-state index contributed by atoms with van der Waals surface area (Å²) in [5.74, 6) is 0.837. The molecule has 1 aliphatic heterocycles. The third kappa shape index (κ3) is 3.10. The van der Waals surface area contributed by atoms with Crippen LogP contribution in [0.5, 0.6) is 0 Å². The van der Waals surface area contributed by atoms with E-state index in [2.05, 4.69) is 45.3 Å². The van der Waals surface area contributed by atoms with E-state index < -0.39 is 0 Å². The van der Waals surface area contributed by atoms with Crippen LogP contribution >= 0.6 is 25.3 Å². The van der Waals surface area contributed by atoms with Crippen LogP contribution in [0.1, 0.15) is 12.8 Å². The van der Waals surface area contributed by atoms with Crippen LogP contribution in [0.15, 0.2) is 17.0 Å². The van der Waals surface area contributed by atoms with E-state index in [-0.39, 0.29) is 0 Å². The predicted octanol–water partition coefficient (Wildman–Crippen LogP) is 1.91. The van der Waals surface area contributed by atoms with Crippen LogP contribution in [0.2, 0.25) is 0 Å². The molecule has 1 aromatic heterocycles. The fraction of sp³-hybridized carbons (Fsp3) is 0.556. The van der Waals surface area contributed by atoms with Crippen LogP contribution in [0.3, 0.4) is 0 Å². The van der Waals surface area contributed by atoms with E-state index in [9.17, 15) is 0 Å². The molecule has 0 amide bonds. The van der Waals surface area contributed by atoms with Crippen molar-refractivity contribution >= 4 is 31.1 Å². The highest BCUT2D eigenvalue weighted by Crippen LogP contribution is 2.20. The summed E-state index contributed by atoms with van der Waals surface area (Å²) in [7, 11) is 2.78. The Kier molecular flexibility index (Phi) is 3.89. The summed E-state index contributed by atoms with van der Waals surface area (Å²) in [4.78, 5) is 8.33. The van der Waals surface area contributed by atoms with Gasteiger partial charge in [0.2, 0.25) is 0 Å². The molecule has 1 fully saturated rings. The Balaban J connectivity index is 1.85. The summed E-state index contributed by atoms with van der Waals surface area (Å²) < 4.78 is 3.07. The van der Waals surface area contributed by atoms with Gasteiger partial charge in [0, 0.05) is 19.1 Å². The highest BCUT2D eigenvalue weighted by atomic mass is 79.9. The normalized spacial score (nSPS) is 21.9. The zero-order chi connectivity index (χ0) is 10.7. The van der Waals surface area contributed by atoms with Crippen LogP contribution < -0.4 is 5.32 Å². The van der Waals surface area contributed by atoms with Gasteiger partial charge in [-0.2, -0.15) is 0 Å². The zero-order valence-electron chi connectivity index (χ0n) is 8.36. The van der Waals surface area contributed by atoms with Gasteiger partial charge in [0.15, 0.2) is 0 Å². The molecule has 1 saturated heterocycles. The van der Waals surface area contributed by atoms with Gasteiger partial charge >= 0.3 is 0 Å². The number of halogens is 1. The standard InChI is InChI=1S/C9H14BrN4P/c10-8-5-13-9(6-11-8)12-4-7-2-1-3-14(7)15/h5-7H,1-4,15H2,(H,12,13). The van der Waals surface area contributed by atoms with E-state index in [1.807, 2.05) is 0 Å². The van der Waals surface area contributed by atoms with Crippen molar-refractivity contribution in [2.45, 2.75) is 18.9 Å². The summed E-state index contributed by atoms with van der Waals surface area (Å²) >= 11 is 3.26. The lowest BCUT2D eigenvalue weighted by molar-refractivity contribution is 0.451. The molecule has 82 valence electrons. The van der Waals surface area contributed by atoms with E-state index >= 15 is 0 Å². The number of hydrogen-bond donors (Lipinski definition) is 1. The third-order valence-electron chi connectivity index (χ3n) is 2.56. The van der Waals surface area contributed by atoms with Gasteiger partial charge in [-0.15, -0.1) is 0 Å². The molecule has 2 atom stereocenters. The van der Waals surface area contributed by atoms with Gasteiger partial charge in [-0.3, -0.25) is 4.67 Å². The molecule has 2 unspecified atom stereocenters. The Bertz CT molecular complexity index is 318. The molecule has 1 N–H and O–H groups in total. The Labute approximate surface area is 100 Å². The van der Waals surface area contributed by atoms with Gasteiger partial charge in [0.25, 0.3) is 0 Å². The SMILES string of the molecule is PN1CCCC1CNc1cnc(Br)cn1. The second-order valence-corrected chi connectivity index (χ2v) is 5.11. The van der Waals surface area contributed by atoms with Gasteiger partial charge in [0.1, 0.15) is 10.4 Å². The summed E-state index contributed by atoms with van der Waals surface area (Å²) in [5.41, 5.74) is 0. The highest BCUT2D eigenvalue weighted by molar-refractivity contribution is 9.10. The van der Waals surface area contributed by atoms with Gasteiger partial charge < -0.3 is 5.32 Å². The summed E-state index contributed by atoms with van der Waals surface area (Å²) in [6.07, 6.45) is 5.98. The smallest absolute Gasteiger partial charge is 0.144 e. The number of rotatable bonds is 3. The first-order valence-corrected chi connectivity index (χ1v) is 6.29. The third-order valence-corrected chi connectivity index (χ3v) is 3.65. The number of nitrogens with one attached hydrogen (secondary N) is 1. The van der Waals surface area contributed by atoms with E-state index in [4.69, 9.17) is 0 Å². The summed E-state index contributed by atoms with van der Waals surface area (Å²) in [6, 6.07) is 0.598. The number of hydrogen-bond acceptors (Lipinski definition) is 4. The molecule has 0 saturated carbocycles. The predicted molar refractivity (Wildman–Crippen MR) is 67.7 cm³/mol. The van der Waals surface area contributed by atoms with Gasteiger partial charge in [0.05, 0.1) is 12.4 Å². The van der Waals surface area contributed by atoms with Crippen molar-refractivity contribution in [1.82, 2.24) is 14.6 Å². The van der Waals surface area contributed by atoms with Crippen LogP contribution in [0, 0.1) is 0 Å². The first-order chi connectivity index (χ1) is 7.25. The fourth-order valence-electron chi connectivity index (χ4n) is 1.70. The van der Waals surface area contributed by atoms with Crippen molar-refractivity contribution in [3.05, 3.63) is 17.0 Å². The summed E-state index contributed by atoms with van der Waals surface area (Å²) in [6.45, 7) is 2.10. The lowest BCUT2D eigenvalue weighted by atomic mass is 10.2. The summed E-state index contributed by atoms with van der Waals surface area (Å²) in [5, 5.41) is 3.29. The number of anilines is 1. The average molecular weight is 289 g/mol. The number of nitrogens with zero attached hydrogens (tertiary/aromatic N) is 3. The fourth-order valence-corrected chi connectivity index (χ4v) is 2.34. The molecule has 1 aliphatic rings. The van der Waals surface area contributed by atoms with Gasteiger partial charge in [-0.05, 0) is 28.8 Å². The van der Waals surface area contributed by atoms with Gasteiger partial charge in [-0.1, -0.05) is 9.39 Å². The van der Waals surface area contributed by atoms with Crippen molar-refractivity contribution in [1.29, 1.82) is 0 Å². The van der Waals surface area contributed by atoms with Crippen molar-refractivity contribution < 1.29 is 0 Å². The molecular weight excluding hydrogens is 275 g/mol. The lowest BCUT2D eigenvalue weighted by Gasteiger charge is -2.19. The average Bonchev–Trinajstić information content (AvgIpc) is 2.63. The van der Waals surface area contributed by atoms with E-state index in [0.29, 0.717) is 6.04 Å². The van der Waals surface area contributed by atoms with Crippen molar-refractivity contribution in [2.75, 3.05) is 18.4 Å².